The molecule has 0 amide bonds. The molecule has 6 aromatic carbocycles. The number of nitrogens with zero attached hydrogens (tertiary/aromatic N) is 2. The van der Waals surface area contributed by atoms with E-state index in [-0.39, 0.29) is 39.2 Å². The minimum absolute atomic E-state index is 0.00479. The number of rotatable bonds is 2. The topological polar surface area (TPSA) is 19.6 Å². The van der Waals surface area contributed by atoms with Gasteiger partial charge in [-0.3, -0.25) is 0 Å². The van der Waals surface area contributed by atoms with E-state index < -0.39 is 0 Å². The summed E-state index contributed by atoms with van der Waals surface area (Å²) in [5.41, 5.74) is 23.6. The van der Waals surface area contributed by atoms with Crippen molar-refractivity contribution in [3.8, 4) is 0 Å². The highest BCUT2D eigenvalue weighted by atomic mass is 16.3. The largest absolute Gasteiger partial charge is 0.456 e. The van der Waals surface area contributed by atoms with Crippen LogP contribution in [0, 0.1) is 6.92 Å². The zero-order valence-electron chi connectivity index (χ0n) is 41.9. The predicted octanol–water partition coefficient (Wildman–Crippen LogP) is 15.3. The lowest BCUT2D eigenvalue weighted by Crippen LogP contribution is -2.62. The molecule has 0 atom stereocenters. The molecule has 0 unspecified atom stereocenters. The molecule has 332 valence electrons. The van der Waals surface area contributed by atoms with E-state index in [9.17, 15) is 0 Å². The van der Waals surface area contributed by atoms with Crippen molar-refractivity contribution in [2.45, 2.75) is 162 Å². The maximum Gasteiger partial charge on any atom is 0.252 e. The van der Waals surface area contributed by atoms with Gasteiger partial charge >= 0.3 is 0 Å². The van der Waals surface area contributed by atoms with Gasteiger partial charge in [-0.2, -0.15) is 0 Å². The minimum Gasteiger partial charge on any atom is -0.456 e. The van der Waals surface area contributed by atoms with Gasteiger partial charge in [-0.05, 0) is 175 Å². The SMILES string of the molecule is Cc1ccccc1N1c2cc(C(C)(C)C)cc3c2B(c2cc4c(cc2N3c2ccc3c(c2)C(C)(C)CCC3(C)C)C(C)(C)CCC4(C)C)c2ccc3oc4ccc(C(C)(C)C)cc4c3c21. The smallest absolute Gasteiger partial charge is 0.252 e. The first kappa shape index (κ1) is 42.4. The summed E-state index contributed by atoms with van der Waals surface area (Å²) in [6, 6.07) is 38.6. The van der Waals surface area contributed by atoms with E-state index in [2.05, 4.69) is 211 Å². The minimum atomic E-state index is -0.121. The molecule has 7 aromatic rings. The molecule has 0 saturated carbocycles. The van der Waals surface area contributed by atoms with Crippen LogP contribution < -0.4 is 26.2 Å². The third-order valence-electron chi connectivity index (χ3n) is 16.8. The lowest BCUT2D eigenvalue weighted by molar-refractivity contribution is 0.332. The average Bonchev–Trinajstić information content (AvgIpc) is 3.62. The van der Waals surface area contributed by atoms with E-state index >= 15 is 0 Å². The number of para-hydroxylation sites is 1. The van der Waals surface area contributed by atoms with Crippen molar-refractivity contribution in [3.05, 3.63) is 136 Å². The van der Waals surface area contributed by atoms with Gasteiger partial charge in [-0.25, -0.2) is 0 Å². The summed E-state index contributed by atoms with van der Waals surface area (Å²) in [5, 5.41) is 2.38. The number of benzene rings is 6. The number of aryl methyl sites for hydroxylation is 1. The maximum absolute atomic E-state index is 6.88. The molecule has 0 fully saturated rings. The van der Waals surface area contributed by atoms with Gasteiger partial charge in [0, 0.05) is 33.8 Å². The molecule has 0 bridgehead atoms. The summed E-state index contributed by atoms with van der Waals surface area (Å²) in [6.07, 6.45) is 4.71. The van der Waals surface area contributed by atoms with Crippen LogP contribution in [0.1, 0.15) is 162 Å². The summed E-state index contributed by atoms with van der Waals surface area (Å²) < 4.78 is 6.88. The molecule has 3 nitrogen and oxygen atoms in total. The molecule has 4 heteroatoms. The number of hydrogen-bond donors (Lipinski definition) is 0. The summed E-state index contributed by atoms with van der Waals surface area (Å²) in [7, 11) is 0. The second-order valence-corrected chi connectivity index (χ2v) is 25.2. The molecule has 11 rings (SSSR count). The Kier molecular flexibility index (Phi) is 8.78. The highest BCUT2D eigenvalue weighted by Crippen LogP contribution is 2.54. The fraction of sp³-hybridized carbons (Fsp3) is 0.410. The van der Waals surface area contributed by atoms with Gasteiger partial charge in [0.2, 0.25) is 0 Å². The highest BCUT2D eigenvalue weighted by Gasteiger charge is 2.48. The Morgan fingerprint density at radius 3 is 1.69 bits per heavy atom. The number of fused-ring (bicyclic) bond motifs is 10. The van der Waals surface area contributed by atoms with Crippen molar-refractivity contribution in [3.63, 3.8) is 0 Å². The zero-order chi connectivity index (χ0) is 46.1. The van der Waals surface area contributed by atoms with E-state index in [0.29, 0.717) is 0 Å². The van der Waals surface area contributed by atoms with Crippen LogP contribution in [0.15, 0.2) is 101 Å². The fourth-order valence-corrected chi connectivity index (χ4v) is 12.4. The first-order valence-electron chi connectivity index (χ1n) is 24.6. The molecule has 1 aromatic heterocycles. The number of furan rings is 1. The van der Waals surface area contributed by atoms with E-state index in [4.69, 9.17) is 4.42 Å². The van der Waals surface area contributed by atoms with Crippen molar-refractivity contribution in [1.29, 1.82) is 0 Å². The lowest BCUT2D eigenvalue weighted by Gasteiger charge is -2.48. The van der Waals surface area contributed by atoms with E-state index in [1.807, 2.05) is 0 Å². The predicted molar refractivity (Wildman–Crippen MR) is 280 cm³/mol. The molecule has 0 N–H and O–H groups in total. The Labute approximate surface area is 389 Å². The molecule has 2 aliphatic carbocycles. The van der Waals surface area contributed by atoms with Gasteiger partial charge in [-0.1, -0.05) is 139 Å². The molecule has 0 radical (unpaired) electrons. The van der Waals surface area contributed by atoms with Gasteiger partial charge in [0.05, 0.1) is 11.1 Å². The summed E-state index contributed by atoms with van der Waals surface area (Å²) in [5.74, 6) is 0. The summed E-state index contributed by atoms with van der Waals surface area (Å²) >= 11 is 0. The van der Waals surface area contributed by atoms with E-state index in [0.717, 1.165) is 11.2 Å². The van der Waals surface area contributed by atoms with Gasteiger partial charge in [0.25, 0.3) is 6.71 Å². The Morgan fingerprint density at radius 1 is 0.492 bits per heavy atom. The van der Waals surface area contributed by atoms with Crippen molar-refractivity contribution in [2.75, 3.05) is 9.80 Å². The molecule has 2 aliphatic heterocycles. The molecule has 65 heavy (non-hydrogen) atoms. The molecule has 0 spiro atoms. The Morgan fingerprint density at radius 2 is 1.06 bits per heavy atom. The fourth-order valence-electron chi connectivity index (χ4n) is 12.4. The average molecular weight is 857 g/mol. The van der Waals surface area contributed by atoms with Crippen LogP contribution in [0.3, 0.4) is 0 Å². The van der Waals surface area contributed by atoms with Crippen molar-refractivity contribution in [2.24, 2.45) is 0 Å². The standard InChI is InChI=1S/C61H69BN2O/c1-36-18-16-17-19-47(36)64-50-32-38(57(5,6)7)31-49-54(50)62(45-23-25-52-53(55(45)64)40-30-37(56(2,3)4)20-24-51(40)65-52)46-34-43-44(61(14,15)29-28-60(43,12)13)35-48(46)63(49)39-21-22-41-42(33-39)59(10,11)27-26-58(41,8)9/h16-25,30-35H,26-29H2,1-15H3. The van der Waals surface area contributed by atoms with Crippen LogP contribution in [0.4, 0.5) is 34.1 Å². The maximum atomic E-state index is 6.88. The second kappa shape index (κ2) is 13.5. The van der Waals surface area contributed by atoms with Crippen LogP contribution in [0.2, 0.25) is 0 Å². The number of hydrogen-bond acceptors (Lipinski definition) is 3. The molecule has 4 aliphatic rings. The molecular weight excluding hydrogens is 787 g/mol. The lowest BCUT2D eigenvalue weighted by atomic mass is 9.33. The van der Waals surface area contributed by atoms with Gasteiger partial charge in [0.1, 0.15) is 11.2 Å². The quantitative estimate of drug-likeness (QED) is 0.162. The summed E-state index contributed by atoms with van der Waals surface area (Å²) in [6.45, 7) is 36.1. The van der Waals surface area contributed by atoms with Crippen LogP contribution in [-0.2, 0) is 32.5 Å². The number of anilines is 6. The first-order valence-corrected chi connectivity index (χ1v) is 24.6. The van der Waals surface area contributed by atoms with Gasteiger partial charge < -0.3 is 14.2 Å². The van der Waals surface area contributed by atoms with Crippen molar-refractivity contribution >= 4 is 79.2 Å². The third-order valence-corrected chi connectivity index (χ3v) is 16.8. The monoisotopic (exact) mass is 857 g/mol. The van der Waals surface area contributed by atoms with Crippen LogP contribution >= 0.6 is 0 Å². The highest BCUT2D eigenvalue weighted by molar-refractivity contribution is 7.00. The molecule has 3 heterocycles. The Hall–Kier alpha value is -5.22. The van der Waals surface area contributed by atoms with Gasteiger partial charge in [-0.15, -0.1) is 0 Å². The van der Waals surface area contributed by atoms with E-state index in [1.54, 1.807) is 0 Å². The first-order chi connectivity index (χ1) is 30.4. The Bertz CT molecular complexity index is 3160. The van der Waals surface area contributed by atoms with Crippen LogP contribution in [0.5, 0.6) is 0 Å². The normalized spacial score (nSPS) is 18.8. The van der Waals surface area contributed by atoms with E-state index in [1.165, 1.54) is 126 Å². The molecule has 0 saturated heterocycles. The van der Waals surface area contributed by atoms with Crippen LogP contribution in [-0.4, -0.2) is 6.71 Å². The molecular formula is C61H69BN2O. The summed E-state index contributed by atoms with van der Waals surface area (Å²) in [4.78, 5) is 5.35. The van der Waals surface area contributed by atoms with Gasteiger partial charge in [0.15, 0.2) is 0 Å². The van der Waals surface area contributed by atoms with Crippen LogP contribution in [0.25, 0.3) is 21.9 Å². The Balaban J connectivity index is 1.32. The van der Waals surface area contributed by atoms with Crippen molar-refractivity contribution < 1.29 is 4.42 Å². The van der Waals surface area contributed by atoms with Crippen molar-refractivity contribution in [1.82, 2.24) is 0 Å². The zero-order valence-corrected chi connectivity index (χ0v) is 41.9. The third kappa shape index (κ3) is 6.20. The second-order valence-electron chi connectivity index (χ2n) is 25.2.